The lowest BCUT2D eigenvalue weighted by atomic mass is 9.93. The van der Waals surface area contributed by atoms with Crippen LogP contribution in [0.5, 0.6) is 23.0 Å². The number of ether oxygens (including phenoxy) is 4. The summed E-state index contributed by atoms with van der Waals surface area (Å²) in [7, 11) is 3.14. The smallest absolute Gasteiger partial charge is 0.255 e. The zero-order valence-electron chi connectivity index (χ0n) is 31.4. The number of carbonyl (C=O) groups is 1. The highest BCUT2D eigenvalue weighted by atomic mass is 16.6. The Morgan fingerprint density at radius 3 is 2.04 bits per heavy atom. The normalized spacial score (nSPS) is 16.1. The number of amides is 1. The van der Waals surface area contributed by atoms with Crippen molar-refractivity contribution >= 4 is 17.3 Å². The Hall–Kier alpha value is -5.34. The Bertz CT molecular complexity index is 1970. The van der Waals surface area contributed by atoms with Gasteiger partial charge in [0.05, 0.1) is 65.1 Å². The van der Waals surface area contributed by atoms with E-state index in [1.807, 2.05) is 55.5 Å². The topological polar surface area (TPSA) is 181 Å². The van der Waals surface area contributed by atoms with Crippen molar-refractivity contribution in [3.05, 3.63) is 111 Å². The SMILES string of the molecule is COc1cc(C2CC(c3cc(CO)c(CO)c(CO)c3)=NO2)cc(OC)c1OCCCCCCOc1ccc(C2NC(=O)c3cc(C)ccc3N2)cc1CO. The van der Waals surface area contributed by atoms with Crippen molar-refractivity contribution in [2.75, 3.05) is 32.8 Å². The fourth-order valence-electron chi connectivity index (χ4n) is 6.90. The van der Waals surface area contributed by atoms with Gasteiger partial charge in [0.25, 0.3) is 5.91 Å². The van der Waals surface area contributed by atoms with Crippen LogP contribution in [0.3, 0.4) is 0 Å². The van der Waals surface area contributed by atoms with Gasteiger partial charge in [0.2, 0.25) is 5.75 Å². The number of oxime groups is 1. The van der Waals surface area contributed by atoms with Crippen LogP contribution in [0.2, 0.25) is 0 Å². The number of nitrogens with one attached hydrogen (secondary N) is 2. The lowest BCUT2D eigenvalue weighted by Gasteiger charge is -2.29. The molecule has 4 aromatic rings. The Morgan fingerprint density at radius 1 is 0.727 bits per heavy atom. The highest BCUT2D eigenvalue weighted by Crippen LogP contribution is 2.43. The Kier molecular flexibility index (Phi) is 13.1. The van der Waals surface area contributed by atoms with E-state index < -0.39 is 12.3 Å². The Labute approximate surface area is 320 Å². The first-order valence-corrected chi connectivity index (χ1v) is 18.4. The molecular weight excluding hydrogens is 706 g/mol. The minimum atomic E-state index is -0.424. The molecule has 0 spiro atoms. The second-order valence-electron chi connectivity index (χ2n) is 13.6. The molecule has 0 fully saturated rings. The number of carbonyl (C=O) groups excluding carboxylic acids is 1. The molecule has 0 aromatic heterocycles. The number of methoxy groups -OCH3 is 2. The van der Waals surface area contributed by atoms with Crippen molar-refractivity contribution in [3.8, 4) is 23.0 Å². The second-order valence-corrected chi connectivity index (χ2v) is 13.6. The molecule has 292 valence electrons. The summed E-state index contributed by atoms with van der Waals surface area (Å²) in [6.45, 7) is 1.87. The molecule has 0 aliphatic carbocycles. The van der Waals surface area contributed by atoms with Gasteiger partial charge in [-0.1, -0.05) is 22.9 Å². The van der Waals surface area contributed by atoms with Crippen LogP contribution in [0.1, 0.15) is 99.2 Å². The molecule has 2 heterocycles. The molecule has 0 radical (unpaired) electrons. The monoisotopic (exact) mass is 755 g/mol. The molecule has 0 saturated heterocycles. The highest BCUT2D eigenvalue weighted by Gasteiger charge is 2.28. The molecular formula is C42H49N3O10. The molecule has 6 rings (SSSR count). The van der Waals surface area contributed by atoms with Crippen molar-refractivity contribution in [3.63, 3.8) is 0 Å². The van der Waals surface area contributed by atoms with Crippen molar-refractivity contribution in [1.82, 2.24) is 5.32 Å². The van der Waals surface area contributed by atoms with Gasteiger partial charge in [-0.25, -0.2) is 0 Å². The van der Waals surface area contributed by atoms with E-state index in [1.54, 1.807) is 26.4 Å². The van der Waals surface area contributed by atoms with Gasteiger partial charge >= 0.3 is 0 Å². The van der Waals surface area contributed by atoms with E-state index in [2.05, 4.69) is 15.8 Å². The van der Waals surface area contributed by atoms with Crippen LogP contribution in [0.25, 0.3) is 0 Å². The van der Waals surface area contributed by atoms with Crippen LogP contribution < -0.4 is 29.6 Å². The first-order valence-electron chi connectivity index (χ1n) is 18.4. The lowest BCUT2D eigenvalue weighted by Crippen LogP contribution is -2.38. The zero-order valence-corrected chi connectivity index (χ0v) is 31.4. The number of nitrogens with zero attached hydrogens (tertiary/aromatic N) is 1. The number of hydrogen-bond acceptors (Lipinski definition) is 12. The lowest BCUT2D eigenvalue weighted by molar-refractivity contribution is 0.0852. The van der Waals surface area contributed by atoms with Gasteiger partial charge in [-0.05, 0) is 103 Å². The van der Waals surface area contributed by atoms with Crippen molar-refractivity contribution < 1.29 is 49.0 Å². The summed E-state index contributed by atoms with van der Waals surface area (Å²) in [5, 5.41) is 50.1. The number of aliphatic hydroxyl groups excluding tert-OH is 4. The van der Waals surface area contributed by atoms with Gasteiger partial charge in [-0.2, -0.15) is 0 Å². The van der Waals surface area contributed by atoms with Crippen molar-refractivity contribution in [2.45, 2.75) is 77.7 Å². The van der Waals surface area contributed by atoms with Gasteiger partial charge in [0.1, 0.15) is 11.9 Å². The maximum absolute atomic E-state index is 12.7. The first-order chi connectivity index (χ1) is 26.8. The third-order valence-corrected chi connectivity index (χ3v) is 9.92. The summed E-state index contributed by atoms with van der Waals surface area (Å²) in [6.07, 6.45) is 3.05. The number of benzene rings is 4. The van der Waals surface area contributed by atoms with Gasteiger partial charge in [0.15, 0.2) is 17.6 Å². The number of rotatable bonds is 18. The van der Waals surface area contributed by atoms with Crippen LogP contribution in [-0.4, -0.2) is 59.5 Å². The minimum Gasteiger partial charge on any atom is -0.493 e. The van der Waals surface area contributed by atoms with E-state index >= 15 is 0 Å². The molecule has 13 heteroatoms. The highest BCUT2D eigenvalue weighted by molar-refractivity contribution is 6.02. The minimum absolute atomic E-state index is 0.142. The van der Waals surface area contributed by atoms with Crippen LogP contribution in [0.15, 0.2) is 65.8 Å². The first kappa shape index (κ1) is 39.4. The molecule has 4 aromatic carbocycles. The fourth-order valence-corrected chi connectivity index (χ4v) is 6.90. The van der Waals surface area contributed by atoms with Gasteiger partial charge < -0.3 is 54.8 Å². The van der Waals surface area contributed by atoms with Crippen LogP contribution in [0.4, 0.5) is 5.69 Å². The Balaban J connectivity index is 0.966. The number of fused-ring (bicyclic) bond motifs is 1. The summed E-state index contributed by atoms with van der Waals surface area (Å²) in [6, 6.07) is 18.5. The van der Waals surface area contributed by atoms with Crippen molar-refractivity contribution in [2.24, 2.45) is 5.16 Å². The summed E-state index contributed by atoms with van der Waals surface area (Å²) >= 11 is 0. The largest absolute Gasteiger partial charge is 0.493 e. The molecule has 2 aliphatic heterocycles. The molecule has 2 aliphatic rings. The standard InChI is InChI=1S/C42H49N3O10/c1-25-8-10-34-32(14-25)42(50)44-41(43-34)26-9-11-36(31(15-26)23-48)53-12-6-4-5-7-13-54-40-38(51-2)18-28(19-39(40)52-3)37-20-35(45-55-37)27-16-29(21-46)33(24-49)30(17-27)22-47/h8-11,14-19,37,41,43,46-49H,4-7,12-13,20-24H2,1-3H3,(H,44,50). The molecule has 55 heavy (non-hydrogen) atoms. The number of unbranched alkanes of at least 4 members (excludes halogenated alkanes) is 3. The van der Waals surface area contributed by atoms with Crippen LogP contribution in [-0.2, 0) is 31.3 Å². The average molecular weight is 756 g/mol. The number of aryl methyl sites for hydroxylation is 1. The number of hydrogen-bond donors (Lipinski definition) is 6. The van der Waals surface area contributed by atoms with E-state index in [-0.39, 0.29) is 32.3 Å². The predicted octanol–water partition coefficient (Wildman–Crippen LogP) is 5.72. The summed E-state index contributed by atoms with van der Waals surface area (Å²) in [5.41, 5.74) is 7.58. The van der Waals surface area contributed by atoms with E-state index in [0.717, 1.165) is 48.1 Å². The zero-order chi connectivity index (χ0) is 38.9. The summed E-state index contributed by atoms with van der Waals surface area (Å²) in [4.78, 5) is 18.5. The molecule has 0 saturated carbocycles. The van der Waals surface area contributed by atoms with Crippen LogP contribution in [0, 0.1) is 6.92 Å². The maximum atomic E-state index is 12.7. The number of anilines is 1. The summed E-state index contributed by atoms with van der Waals surface area (Å²) < 4.78 is 23.6. The molecule has 1 amide bonds. The average Bonchev–Trinajstić information content (AvgIpc) is 3.72. The molecule has 0 bridgehead atoms. The second kappa shape index (κ2) is 18.3. The molecule has 13 nitrogen and oxygen atoms in total. The Morgan fingerprint density at radius 2 is 1.40 bits per heavy atom. The predicted molar refractivity (Wildman–Crippen MR) is 206 cm³/mol. The van der Waals surface area contributed by atoms with Crippen LogP contribution >= 0.6 is 0 Å². The van der Waals surface area contributed by atoms with E-state index in [4.69, 9.17) is 23.8 Å². The quantitative estimate of drug-likeness (QED) is 0.0684. The number of aliphatic hydroxyl groups is 4. The summed E-state index contributed by atoms with van der Waals surface area (Å²) in [5.74, 6) is 1.98. The van der Waals surface area contributed by atoms with E-state index in [9.17, 15) is 25.2 Å². The molecule has 2 unspecified atom stereocenters. The van der Waals surface area contributed by atoms with E-state index in [1.165, 1.54) is 0 Å². The fraction of sp³-hybridized carbons (Fsp3) is 0.381. The van der Waals surface area contributed by atoms with Crippen molar-refractivity contribution in [1.29, 1.82) is 0 Å². The van der Waals surface area contributed by atoms with Gasteiger partial charge in [-0.15, -0.1) is 0 Å². The molecule has 6 N–H and O–H groups in total. The van der Waals surface area contributed by atoms with Gasteiger partial charge in [0, 0.05) is 28.8 Å². The third kappa shape index (κ3) is 8.97. The maximum Gasteiger partial charge on any atom is 0.255 e. The van der Waals surface area contributed by atoms with Gasteiger partial charge in [-0.3, -0.25) is 4.79 Å². The van der Waals surface area contributed by atoms with E-state index in [0.29, 0.717) is 81.7 Å². The third-order valence-electron chi connectivity index (χ3n) is 9.92. The molecule has 2 atom stereocenters.